The normalized spacial score (nSPS) is 17.4. The maximum absolute atomic E-state index is 5.82. The van der Waals surface area contributed by atoms with Crippen LogP contribution in [0.2, 0.25) is 5.02 Å². The van der Waals surface area contributed by atoms with Crippen LogP contribution in [0.25, 0.3) is 0 Å². The van der Waals surface area contributed by atoms with E-state index in [1.807, 2.05) is 36.0 Å². The SMILES string of the molecule is Clc1ccc(OCCOc2ccc(C3OCCS3)cc2)cc1. The molecular weight excluding hydrogens is 320 g/mol. The van der Waals surface area contributed by atoms with Gasteiger partial charge in [0.2, 0.25) is 0 Å². The number of thioether (sulfide) groups is 1. The lowest BCUT2D eigenvalue weighted by Gasteiger charge is -2.11. The van der Waals surface area contributed by atoms with E-state index in [9.17, 15) is 0 Å². The van der Waals surface area contributed by atoms with Gasteiger partial charge < -0.3 is 14.2 Å². The summed E-state index contributed by atoms with van der Waals surface area (Å²) in [7, 11) is 0. The molecule has 2 aromatic rings. The molecular formula is C17H17ClO3S. The topological polar surface area (TPSA) is 27.7 Å². The molecule has 1 aliphatic rings. The molecule has 1 saturated heterocycles. The maximum atomic E-state index is 5.82. The van der Waals surface area contributed by atoms with Gasteiger partial charge >= 0.3 is 0 Å². The maximum Gasteiger partial charge on any atom is 0.128 e. The second-order valence-corrected chi connectivity index (χ2v) is 6.40. The molecule has 0 aliphatic carbocycles. The highest BCUT2D eigenvalue weighted by Gasteiger charge is 2.17. The van der Waals surface area contributed by atoms with Crippen molar-refractivity contribution in [1.29, 1.82) is 0 Å². The van der Waals surface area contributed by atoms with Gasteiger partial charge in [-0.3, -0.25) is 0 Å². The van der Waals surface area contributed by atoms with Crippen LogP contribution in [0.4, 0.5) is 0 Å². The van der Waals surface area contributed by atoms with Gasteiger partial charge in [0.1, 0.15) is 30.1 Å². The monoisotopic (exact) mass is 336 g/mol. The zero-order valence-electron chi connectivity index (χ0n) is 12.0. The van der Waals surface area contributed by atoms with E-state index < -0.39 is 0 Å². The van der Waals surface area contributed by atoms with E-state index in [1.165, 1.54) is 5.56 Å². The van der Waals surface area contributed by atoms with Gasteiger partial charge in [-0.25, -0.2) is 0 Å². The van der Waals surface area contributed by atoms with Gasteiger partial charge in [-0.05, 0) is 42.0 Å². The number of ether oxygens (including phenoxy) is 3. The summed E-state index contributed by atoms with van der Waals surface area (Å²) in [6.45, 7) is 1.82. The Kier molecular flexibility index (Phi) is 5.48. The van der Waals surface area contributed by atoms with Crippen molar-refractivity contribution in [2.45, 2.75) is 5.44 Å². The van der Waals surface area contributed by atoms with Crippen LogP contribution < -0.4 is 9.47 Å². The zero-order chi connectivity index (χ0) is 15.2. The summed E-state index contributed by atoms with van der Waals surface area (Å²) in [4.78, 5) is 0. The van der Waals surface area contributed by atoms with Crippen LogP contribution in [0.3, 0.4) is 0 Å². The molecule has 0 radical (unpaired) electrons. The predicted octanol–water partition coefficient (Wildman–Crippen LogP) is 4.56. The van der Waals surface area contributed by atoms with Crippen molar-refractivity contribution in [3.8, 4) is 11.5 Å². The smallest absolute Gasteiger partial charge is 0.128 e. The Morgan fingerprint density at radius 2 is 1.55 bits per heavy atom. The summed E-state index contributed by atoms with van der Waals surface area (Å²) in [5, 5.41) is 0.702. The van der Waals surface area contributed by atoms with Crippen molar-refractivity contribution in [2.24, 2.45) is 0 Å². The molecule has 0 aromatic heterocycles. The molecule has 1 heterocycles. The van der Waals surface area contributed by atoms with E-state index in [2.05, 4.69) is 12.1 Å². The molecule has 22 heavy (non-hydrogen) atoms. The predicted molar refractivity (Wildman–Crippen MR) is 90.0 cm³/mol. The first kappa shape index (κ1) is 15.5. The van der Waals surface area contributed by atoms with Crippen molar-refractivity contribution < 1.29 is 14.2 Å². The van der Waals surface area contributed by atoms with Gasteiger partial charge in [0, 0.05) is 10.8 Å². The Balaban J connectivity index is 1.42. The zero-order valence-corrected chi connectivity index (χ0v) is 13.6. The Bertz CT molecular complexity index is 580. The number of hydrogen-bond donors (Lipinski definition) is 0. The third-order valence-electron chi connectivity index (χ3n) is 3.21. The standard InChI is InChI=1S/C17H17ClO3S/c18-14-3-7-16(8-4-14)20-10-9-19-15-5-1-13(2-6-15)17-21-11-12-22-17/h1-8,17H,9-12H2. The van der Waals surface area contributed by atoms with Crippen LogP contribution >= 0.6 is 23.4 Å². The lowest BCUT2D eigenvalue weighted by Crippen LogP contribution is -2.09. The highest BCUT2D eigenvalue weighted by Crippen LogP contribution is 2.35. The molecule has 2 aromatic carbocycles. The van der Waals surface area contributed by atoms with Crippen LogP contribution in [-0.2, 0) is 4.74 Å². The number of benzene rings is 2. The first-order valence-electron chi connectivity index (χ1n) is 7.15. The minimum atomic E-state index is 0.169. The Hall–Kier alpha value is -1.36. The lowest BCUT2D eigenvalue weighted by atomic mass is 10.2. The fourth-order valence-corrected chi connectivity index (χ4v) is 3.20. The molecule has 0 amide bonds. The molecule has 0 bridgehead atoms. The second kappa shape index (κ2) is 7.77. The molecule has 3 nitrogen and oxygen atoms in total. The molecule has 1 fully saturated rings. The first-order valence-corrected chi connectivity index (χ1v) is 8.58. The Morgan fingerprint density at radius 1 is 0.955 bits per heavy atom. The summed E-state index contributed by atoms with van der Waals surface area (Å²) in [6, 6.07) is 15.3. The van der Waals surface area contributed by atoms with E-state index >= 15 is 0 Å². The Labute approximate surface area is 139 Å². The van der Waals surface area contributed by atoms with Gasteiger partial charge in [-0.2, -0.15) is 0 Å². The third-order valence-corrected chi connectivity index (χ3v) is 4.57. The van der Waals surface area contributed by atoms with Gasteiger partial charge in [-0.15, -0.1) is 11.8 Å². The highest BCUT2D eigenvalue weighted by molar-refractivity contribution is 7.99. The molecule has 116 valence electrons. The van der Waals surface area contributed by atoms with E-state index in [0.717, 1.165) is 23.9 Å². The van der Waals surface area contributed by atoms with Crippen molar-refractivity contribution in [2.75, 3.05) is 25.6 Å². The van der Waals surface area contributed by atoms with E-state index in [-0.39, 0.29) is 5.44 Å². The minimum Gasteiger partial charge on any atom is -0.490 e. The van der Waals surface area contributed by atoms with Crippen molar-refractivity contribution >= 4 is 23.4 Å². The number of rotatable bonds is 6. The summed E-state index contributed by atoms with van der Waals surface area (Å²) in [5.74, 6) is 2.69. The number of halogens is 1. The van der Waals surface area contributed by atoms with Crippen LogP contribution in [0, 0.1) is 0 Å². The summed E-state index contributed by atoms with van der Waals surface area (Å²) >= 11 is 7.65. The average Bonchev–Trinajstić information content (AvgIpc) is 3.08. The summed E-state index contributed by atoms with van der Waals surface area (Å²) in [6.07, 6.45) is 0. The molecule has 0 spiro atoms. The van der Waals surface area contributed by atoms with Crippen LogP contribution in [-0.4, -0.2) is 25.6 Å². The van der Waals surface area contributed by atoms with Crippen molar-refractivity contribution in [3.63, 3.8) is 0 Å². The quantitative estimate of drug-likeness (QED) is 0.723. The van der Waals surface area contributed by atoms with Crippen molar-refractivity contribution in [1.82, 2.24) is 0 Å². The molecule has 1 atom stereocenters. The number of hydrogen-bond acceptors (Lipinski definition) is 4. The Morgan fingerprint density at radius 3 is 2.09 bits per heavy atom. The lowest BCUT2D eigenvalue weighted by molar-refractivity contribution is 0.145. The highest BCUT2D eigenvalue weighted by atomic mass is 35.5. The fourth-order valence-electron chi connectivity index (χ4n) is 2.12. The van der Waals surface area contributed by atoms with Crippen LogP contribution in [0.1, 0.15) is 11.0 Å². The third kappa shape index (κ3) is 4.32. The average molecular weight is 337 g/mol. The van der Waals surface area contributed by atoms with Gasteiger partial charge in [-0.1, -0.05) is 23.7 Å². The minimum absolute atomic E-state index is 0.169. The largest absolute Gasteiger partial charge is 0.490 e. The summed E-state index contributed by atoms with van der Waals surface area (Å²) in [5.41, 5.74) is 1.36. The molecule has 1 aliphatic heterocycles. The fraction of sp³-hybridized carbons (Fsp3) is 0.294. The first-order chi connectivity index (χ1) is 10.8. The molecule has 5 heteroatoms. The van der Waals surface area contributed by atoms with Gasteiger partial charge in [0.05, 0.1) is 6.61 Å². The summed E-state index contributed by atoms with van der Waals surface area (Å²) < 4.78 is 16.9. The van der Waals surface area contributed by atoms with E-state index in [0.29, 0.717) is 18.2 Å². The van der Waals surface area contributed by atoms with Crippen LogP contribution in [0.15, 0.2) is 48.5 Å². The van der Waals surface area contributed by atoms with E-state index in [4.69, 9.17) is 25.8 Å². The van der Waals surface area contributed by atoms with E-state index in [1.54, 1.807) is 12.1 Å². The van der Waals surface area contributed by atoms with Gasteiger partial charge in [0.15, 0.2) is 0 Å². The van der Waals surface area contributed by atoms with Gasteiger partial charge in [0.25, 0.3) is 0 Å². The molecule has 0 saturated carbocycles. The van der Waals surface area contributed by atoms with Crippen molar-refractivity contribution in [3.05, 3.63) is 59.1 Å². The molecule has 3 rings (SSSR count). The molecule has 1 unspecified atom stereocenters. The molecule has 0 N–H and O–H groups in total. The second-order valence-electron chi connectivity index (χ2n) is 4.79. The van der Waals surface area contributed by atoms with Crippen LogP contribution in [0.5, 0.6) is 11.5 Å².